The van der Waals surface area contributed by atoms with Gasteiger partial charge in [-0.05, 0) is 47.3 Å². The lowest BCUT2D eigenvalue weighted by Gasteiger charge is -2.27. The number of rotatable bonds is 7. The molecule has 1 aromatic carbocycles. The van der Waals surface area contributed by atoms with Gasteiger partial charge in [0.1, 0.15) is 5.00 Å². The zero-order chi connectivity index (χ0) is 19.2. The van der Waals surface area contributed by atoms with Crippen molar-refractivity contribution in [2.75, 3.05) is 16.2 Å². The van der Waals surface area contributed by atoms with E-state index in [4.69, 9.17) is 5.73 Å². The number of amides is 1. The van der Waals surface area contributed by atoms with Crippen molar-refractivity contribution in [2.45, 2.75) is 6.04 Å². The summed E-state index contributed by atoms with van der Waals surface area (Å²) >= 11 is -1.09. The number of nitrogens with zero attached hydrogens (tertiary/aromatic N) is 2. The zero-order valence-corrected chi connectivity index (χ0v) is 15.8. The number of thiophene rings is 1. The van der Waals surface area contributed by atoms with E-state index >= 15 is 0 Å². The SMILES string of the molecule is NC(CN(c1cccs1)S(=O)[O-])c1ccc(C(=O)Nc2ccncc2)cc1. The molecule has 0 saturated carbocycles. The molecule has 3 N–H and O–H groups in total. The number of benzene rings is 1. The van der Waals surface area contributed by atoms with E-state index in [1.807, 2.05) is 0 Å². The van der Waals surface area contributed by atoms with E-state index in [0.717, 1.165) is 5.56 Å². The van der Waals surface area contributed by atoms with Crippen molar-refractivity contribution in [1.29, 1.82) is 0 Å². The number of anilines is 2. The van der Waals surface area contributed by atoms with Gasteiger partial charge in [0.05, 0.1) is 6.54 Å². The molecular weight excluding hydrogens is 384 g/mol. The molecule has 0 aliphatic carbocycles. The molecule has 0 radical (unpaired) electrons. The van der Waals surface area contributed by atoms with Gasteiger partial charge >= 0.3 is 0 Å². The fraction of sp³-hybridized carbons (Fsp3) is 0.111. The lowest BCUT2D eigenvalue weighted by atomic mass is 10.0. The summed E-state index contributed by atoms with van der Waals surface area (Å²) in [6.45, 7) is 0.110. The van der Waals surface area contributed by atoms with Crippen LogP contribution in [0.25, 0.3) is 0 Å². The summed E-state index contributed by atoms with van der Waals surface area (Å²) in [5, 5.41) is 5.18. The van der Waals surface area contributed by atoms with E-state index in [1.165, 1.54) is 15.6 Å². The molecule has 2 atom stereocenters. The third-order valence-corrected chi connectivity index (χ3v) is 5.55. The van der Waals surface area contributed by atoms with Crippen LogP contribution in [0.3, 0.4) is 0 Å². The first-order chi connectivity index (χ1) is 13.0. The highest BCUT2D eigenvalue weighted by atomic mass is 32.2. The standard InChI is InChI=1S/C18H18N4O3S2/c19-16(12-22(27(24)25)17-2-1-11-26-17)13-3-5-14(6-4-13)18(23)21-15-7-9-20-10-8-15/h1-11,16H,12,19H2,(H,24,25)(H,20,21,23)/p-1. The first-order valence-corrected chi connectivity index (χ1v) is 9.93. The van der Waals surface area contributed by atoms with Gasteiger partial charge in [0.2, 0.25) is 0 Å². The molecule has 0 bridgehead atoms. The molecule has 2 heterocycles. The third-order valence-electron chi connectivity index (χ3n) is 3.83. The van der Waals surface area contributed by atoms with Crippen LogP contribution in [-0.2, 0) is 11.3 Å². The van der Waals surface area contributed by atoms with E-state index < -0.39 is 17.3 Å². The Morgan fingerprint density at radius 2 is 1.93 bits per heavy atom. The zero-order valence-electron chi connectivity index (χ0n) is 14.1. The second kappa shape index (κ2) is 8.87. The van der Waals surface area contributed by atoms with Gasteiger partial charge in [-0.2, -0.15) is 0 Å². The van der Waals surface area contributed by atoms with Crippen LogP contribution in [0.15, 0.2) is 66.3 Å². The number of nitrogens with one attached hydrogen (secondary N) is 1. The van der Waals surface area contributed by atoms with Gasteiger partial charge in [-0.3, -0.25) is 18.3 Å². The largest absolute Gasteiger partial charge is 0.755 e. The molecule has 2 aromatic heterocycles. The molecule has 7 nitrogen and oxygen atoms in total. The van der Waals surface area contributed by atoms with Crippen LogP contribution in [-0.4, -0.2) is 26.2 Å². The van der Waals surface area contributed by atoms with Crippen molar-refractivity contribution >= 4 is 39.2 Å². The Hall–Kier alpha value is -2.59. The average Bonchev–Trinajstić information content (AvgIpc) is 3.21. The molecule has 140 valence electrons. The number of carbonyl (C=O) groups is 1. The monoisotopic (exact) mass is 401 g/mol. The second-order valence-electron chi connectivity index (χ2n) is 5.65. The molecule has 0 spiro atoms. The smallest absolute Gasteiger partial charge is 0.255 e. The number of aromatic nitrogens is 1. The molecular formula is C18H17N4O3S2-. The van der Waals surface area contributed by atoms with Crippen molar-refractivity contribution in [3.05, 3.63) is 77.4 Å². The Morgan fingerprint density at radius 3 is 2.52 bits per heavy atom. The highest BCUT2D eigenvalue weighted by molar-refractivity contribution is 7.80. The van der Waals surface area contributed by atoms with Crippen molar-refractivity contribution < 1.29 is 13.6 Å². The van der Waals surface area contributed by atoms with Crippen LogP contribution < -0.4 is 15.4 Å². The molecule has 1 amide bonds. The Labute approximate surface area is 163 Å². The lowest BCUT2D eigenvalue weighted by molar-refractivity contribution is 0.102. The maximum absolute atomic E-state index is 12.3. The highest BCUT2D eigenvalue weighted by Crippen LogP contribution is 2.25. The maximum atomic E-state index is 12.3. The van der Waals surface area contributed by atoms with Gasteiger partial charge in [-0.25, -0.2) is 0 Å². The number of pyridine rings is 1. The molecule has 0 saturated heterocycles. The number of hydrogen-bond donors (Lipinski definition) is 2. The Bertz CT molecular complexity index is 902. The summed E-state index contributed by atoms with van der Waals surface area (Å²) in [5.74, 6) is -0.248. The summed E-state index contributed by atoms with van der Waals surface area (Å²) < 4.78 is 24.2. The molecule has 0 aliphatic heterocycles. The summed E-state index contributed by atoms with van der Waals surface area (Å²) in [4.78, 5) is 16.2. The minimum absolute atomic E-state index is 0.110. The van der Waals surface area contributed by atoms with Gasteiger partial charge in [0.25, 0.3) is 5.91 Å². The first kappa shape index (κ1) is 19.2. The van der Waals surface area contributed by atoms with Crippen molar-refractivity contribution in [3.63, 3.8) is 0 Å². The predicted molar refractivity (Wildman–Crippen MR) is 106 cm³/mol. The van der Waals surface area contributed by atoms with Crippen molar-refractivity contribution in [1.82, 2.24) is 4.98 Å². The number of carbonyl (C=O) groups excluding carboxylic acids is 1. The molecule has 0 fully saturated rings. The fourth-order valence-electron chi connectivity index (χ4n) is 2.44. The van der Waals surface area contributed by atoms with E-state index in [0.29, 0.717) is 16.3 Å². The van der Waals surface area contributed by atoms with Gasteiger partial charge in [0.15, 0.2) is 0 Å². The highest BCUT2D eigenvalue weighted by Gasteiger charge is 2.15. The van der Waals surface area contributed by atoms with Gasteiger partial charge in [0, 0.05) is 41.0 Å². The van der Waals surface area contributed by atoms with E-state index in [9.17, 15) is 13.6 Å². The third kappa shape index (κ3) is 4.98. The minimum Gasteiger partial charge on any atom is -0.755 e. The molecule has 3 rings (SSSR count). The van der Waals surface area contributed by atoms with Crippen molar-refractivity contribution in [2.24, 2.45) is 5.73 Å². The Balaban J connectivity index is 1.67. The van der Waals surface area contributed by atoms with Gasteiger partial charge in [-0.15, -0.1) is 11.3 Å². The maximum Gasteiger partial charge on any atom is 0.255 e. The second-order valence-corrected chi connectivity index (χ2v) is 7.45. The van der Waals surface area contributed by atoms with E-state index in [-0.39, 0.29) is 12.5 Å². The Morgan fingerprint density at radius 1 is 1.22 bits per heavy atom. The van der Waals surface area contributed by atoms with Crippen LogP contribution in [0, 0.1) is 0 Å². The molecule has 9 heteroatoms. The molecule has 0 aliphatic rings. The summed E-state index contributed by atoms with van der Waals surface area (Å²) in [5.41, 5.74) is 8.04. The summed E-state index contributed by atoms with van der Waals surface area (Å²) in [6.07, 6.45) is 3.19. The van der Waals surface area contributed by atoms with E-state index in [2.05, 4.69) is 10.3 Å². The summed E-state index contributed by atoms with van der Waals surface area (Å²) in [7, 11) is 0. The minimum atomic E-state index is -2.42. The molecule has 3 aromatic rings. The van der Waals surface area contributed by atoms with Crippen molar-refractivity contribution in [3.8, 4) is 0 Å². The molecule has 27 heavy (non-hydrogen) atoms. The van der Waals surface area contributed by atoms with Crippen LogP contribution >= 0.6 is 11.3 Å². The topological polar surface area (TPSA) is 111 Å². The van der Waals surface area contributed by atoms with Crippen LogP contribution in [0.2, 0.25) is 0 Å². The molecule has 2 unspecified atom stereocenters. The van der Waals surface area contributed by atoms with Crippen LogP contribution in [0.5, 0.6) is 0 Å². The fourth-order valence-corrected chi connectivity index (χ4v) is 3.89. The van der Waals surface area contributed by atoms with Gasteiger partial charge < -0.3 is 15.6 Å². The first-order valence-electron chi connectivity index (χ1n) is 8.02. The predicted octanol–water partition coefficient (Wildman–Crippen LogP) is 2.70. The van der Waals surface area contributed by atoms with Crippen LogP contribution in [0.4, 0.5) is 10.7 Å². The van der Waals surface area contributed by atoms with E-state index in [1.54, 1.807) is 66.3 Å². The van der Waals surface area contributed by atoms with Crippen LogP contribution in [0.1, 0.15) is 22.0 Å². The Kier molecular flexibility index (Phi) is 6.30. The van der Waals surface area contributed by atoms with Gasteiger partial charge in [-0.1, -0.05) is 12.1 Å². The number of nitrogens with two attached hydrogens (primary N) is 1. The summed E-state index contributed by atoms with van der Waals surface area (Å²) in [6, 6.07) is 13.2. The normalized spacial score (nSPS) is 13.0. The average molecular weight is 401 g/mol. The quantitative estimate of drug-likeness (QED) is 0.591. The number of hydrogen-bond acceptors (Lipinski definition) is 6. The lowest BCUT2D eigenvalue weighted by Crippen LogP contribution is -2.33.